The van der Waals surface area contributed by atoms with E-state index in [-0.39, 0.29) is 58.1 Å². The molecule has 36 heavy (non-hydrogen) atoms. The van der Waals surface area contributed by atoms with Crippen LogP contribution in [0.25, 0.3) is 0 Å². The van der Waals surface area contributed by atoms with Gasteiger partial charge in [-0.3, -0.25) is 4.48 Å². The molecule has 2 heterocycles. The van der Waals surface area contributed by atoms with Crippen molar-refractivity contribution in [2.75, 3.05) is 33.4 Å². The van der Waals surface area contributed by atoms with Crippen LogP contribution in [0.1, 0.15) is 11.4 Å². The minimum Gasteiger partial charge on any atom is -1.00 e. The Hall–Kier alpha value is 0.699. The fraction of sp³-hybridized carbons (Fsp3) is 0.179. The first-order valence-corrected chi connectivity index (χ1v) is 11.2. The number of rotatable bonds is 3. The van der Waals surface area contributed by atoms with Crippen LogP contribution in [0.15, 0.2) is 0 Å². The summed E-state index contributed by atoms with van der Waals surface area (Å²) in [5.74, 6) is 2.18. The maximum atomic E-state index is 5.58. The van der Waals surface area contributed by atoms with Crippen LogP contribution >= 0.6 is 0 Å². The number of hydrogen-bond donors (Lipinski definition) is 0. The van der Waals surface area contributed by atoms with Crippen LogP contribution in [0, 0.1) is 127 Å². The predicted octanol–water partition coefficient (Wildman–Crippen LogP) is 0.388. The number of nitrogens with zero attached hydrogens (tertiary/aromatic N) is 4. The Kier molecular flexibility index (Phi) is 18.2. The molecule has 8 heteroatoms. The van der Waals surface area contributed by atoms with Crippen molar-refractivity contribution in [2.24, 2.45) is 0 Å². The molecular weight excluding hydrogens is 647 g/mol. The third-order valence-corrected chi connectivity index (χ3v) is 5.72. The largest absolute Gasteiger partial charge is 2.00 e. The van der Waals surface area contributed by atoms with E-state index in [2.05, 4.69) is 48.1 Å². The van der Waals surface area contributed by atoms with Gasteiger partial charge in [0.2, 0.25) is 0 Å². The van der Waals surface area contributed by atoms with Crippen LogP contribution in [0.3, 0.4) is 0 Å². The molecule has 0 bridgehead atoms. The number of halogens is 1. The maximum Gasteiger partial charge on any atom is 2.00 e. The van der Waals surface area contributed by atoms with E-state index in [1.165, 1.54) is 0 Å². The first kappa shape index (κ1) is 34.7. The minimum atomic E-state index is 0. The minimum absolute atomic E-state index is 0. The molecule has 1 saturated heterocycles. The van der Waals surface area contributed by atoms with E-state index in [0.717, 1.165) is 59.7 Å². The van der Waals surface area contributed by atoms with Gasteiger partial charge in [0, 0.05) is 11.8 Å². The molecule has 1 aromatic rings. The molecule has 0 amide bonds. The normalized spacial score (nSPS) is 23.2. The van der Waals surface area contributed by atoms with Gasteiger partial charge in [0.15, 0.2) is 5.69 Å². The van der Waals surface area contributed by atoms with Crippen LogP contribution in [-0.4, -0.2) is 48.8 Å². The molecule has 4 saturated carbocycles. The molecule has 5 nitrogen and oxygen atoms in total. The molecule has 186 valence electrons. The van der Waals surface area contributed by atoms with Crippen molar-refractivity contribution in [3.8, 4) is 0 Å². The van der Waals surface area contributed by atoms with Gasteiger partial charge in [-0.05, 0) is 121 Å². The summed E-state index contributed by atoms with van der Waals surface area (Å²) in [7, 11) is 2.24. The summed E-state index contributed by atoms with van der Waals surface area (Å²) in [5.41, 5.74) is 2.98. The number of aromatic nitrogens is 3. The molecule has 0 spiro atoms. The Balaban J connectivity index is 0.000000418. The van der Waals surface area contributed by atoms with E-state index in [1.807, 2.05) is 89.9 Å². The van der Waals surface area contributed by atoms with Gasteiger partial charge in [-0.25, -0.2) is 0 Å². The Bertz CT molecular complexity index is 641. The van der Waals surface area contributed by atoms with Crippen molar-refractivity contribution < 1.29 is 62.9 Å². The van der Waals surface area contributed by atoms with Crippen molar-refractivity contribution in [3.05, 3.63) is 139 Å². The summed E-state index contributed by atoms with van der Waals surface area (Å²) in [4.78, 5) is 0. The van der Waals surface area contributed by atoms with Gasteiger partial charge in [0.05, 0.1) is 20.3 Å². The van der Waals surface area contributed by atoms with Gasteiger partial charge in [0.25, 0.3) is 0 Å². The van der Waals surface area contributed by atoms with Crippen molar-refractivity contribution in [3.63, 3.8) is 0 Å². The molecule has 1 aromatic heterocycles. The van der Waals surface area contributed by atoms with Crippen molar-refractivity contribution in [1.82, 2.24) is 19.9 Å². The van der Waals surface area contributed by atoms with Crippen molar-refractivity contribution in [1.29, 1.82) is 0 Å². The molecule has 6 rings (SSSR count). The molecule has 0 atom stereocenters. The summed E-state index contributed by atoms with van der Waals surface area (Å²) >= 11 is 0. The standard InChI is InChI=1S/C18H19N4O.2C5H5.2Fe.HI/c1-22(10-12-23-13-11-22)18-16(14-6-2-3-7-14)19-21-20-17(18)15-8-4-5-9-15;2*1-2-4-5-3-1;;;/h2-9H,10-13H2,1H3;2*1-5H;;;1H/q+1;;;2*+2;/p-1. The monoisotopic (exact) mass is 676 g/mol. The van der Waals surface area contributed by atoms with E-state index in [0.29, 0.717) is 0 Å². The second-order valence-electron chi connectivity index (χ2n) is 8.06. The number of ether oxygens (including phenoxy) is 1. The van der Waals surface area contributed by atoms with Crippen LogP contribution < -0.4 is 28.5 Å². The molecule has 1 aliphatic heterocycles. The molecule has 4 aliphatic carbocycles. The van der Waals surface area contributed by atoms with Gasteiger partial charge >= 0.3 is 34.1 Å². The summed E-state index contributed by atoms with van der Waals surface area (Å²) in [6, 6.07) is 0. The summed E-state index contributed by atoms with van der Waals surface area (Å²) in [6.07, 6.45) is 36.4. The first-order valence-electron chi connectivity index (χ1n) is 11.2. The average Bonchev–Trinajstić information content (AvgIpc) is 3.70. The molecule has 5 fully saturated rings. The Labute approximate surface area is 259 Å². The van der Waals surface area contributed by atoms with Gasteiger partial charge in [-0.15, -0.1) is 10.2 Å². The topological polar surface area (TPSA) is 47.9 Å². The summed E-state index contributed by atoms with van der Waals surface area (Å²) in [6.45, 7) is 3.32. The van der Waals surface area contributed by atoms with Crippen molar-refractivity contribution >= 4 is 5.69 Å². The van der Waals surface area contributed by atoms with Crippen molar-refractivity contribution in [2.45, 2.75) is 0 Å². The van der Waals surface area contributed by atoms with E-state index in [1.54, 1.807) is 0 Å². The van der Waals surface area contributed by atoms with Crippen LogP contribution in [0.2, 0.25) is 0 Å². The van der Waals surface area contributed by atoms with Gasteiger partial charge < -0.3 is 28.7 Å². The third-order valence-electron chi connectivity index (χ3n) is 5.72. The van der Waals surface area contributed by atoms with Crippen LogP contribution in [0.5, 0.6) is 0 Å². The fourth-order valence-electron chi connectivity index (χ4n) is 3.89. The van der Waals surface area contributed by atoms with E-state index in [9.17, 15) is 0 Å². The fourth-order valence-corrected chi connectivity index (χ4v) is 3.89. The van der Waals surface area contributed by atoms with Gasteiger partial charge in [-0.1, -0.05) is 0 Å². The molecule has 0 aromatic carbocycles. The Morgan fingerprint density at radius 2 is 0.917 bits per heavy atom. The number of likely N-dealkylation sites (N-methyl/N-ethyl adjacent to an activating group) is 1. The SMILES string of the molecule is C[N+]1(c2c([C]3[CH][CH][CH][CH]3)nnnc2[C]2[CH][CH][CH][CH]2)CCOCC1.[CH]1[CH][CH][CH][CH]1.[CH]1[CH][CH][CH][CH]1.[Fe+2].[Fe+2].[I-]. The molecule has 20 radical (unpaired) electrons. The van der Waals surface area contributed by atoms with Gasteiger partial charge in [0.1, 0.15) is 24.5 Å². The zero-order valence-corrected chi connectivity index (χ0v) is 24.4. The average molecular weight is 676 g/mol. The van der Waals surface area contributed by atoms with Crippen LogP contribution in [0.4, 0.5) is 5.69 Å². The predicted molar refractivity (Wildman–Crippen MR) is 130 cm³/mol. The zero-order valence-electron chi connectivity index (χ0n) is 20.0. The van der Waals surface area contributed by atoms with E-state index in [4.69, 9.17) is 4.74 Å². The Morgan fingerprint density at radius 3 is 1.25 bits per heavy atom. The molecule has 5 aliphatic rings. The molecule has 0 unspecified atom stereocenters. The quantitative estimate of drug-likeness (QED) is 0.265. The van der Waals surface area contributed by atoms with E-state index < -0.39 is 0 Å². The Morgan fingerprint density at radius 1 is 0.583 bits per heavy atom. The molecular formula is C28H29Fe2IN4O+4. The third kappa shape index (κ3) is 10.0. The second kappa shape index (κ2) is 18.9. The van der Waals surface area contributed by atoms with Gasteiger partial charge in [-0.2, -0.15) is 0 Å². The smallest absolute Gasteiger partial charge is 1.00 e. The summed E-state index contributed by atoms with van der Waals surface area (Å²) < 4.78 is 6.34. The number of hydrogen-bond acceptors (Lipinski definition) is 4. The van der Waals surface area contributed by atoms with Crippen LogP contribution in [-0.2, 0) is 38.9 Å². The number of quaternary nitrogens is 1. The maximum absolute atomic E-state index is 5.58. The van der Waals surface area contributed by atoms with E-state index >= 15 is 0 Å². The molecule has 0 N–H and O–H groups in total. The number of morpholine rings is 1. The second-order valence-corrected chi connectivity index (χ2v) is 8.06. The summed E-state index contributed by atoms with van der Waals surface area (Å²) in [5, 5.41) is 12.8. The zero-order chi connectivity index (χ0) is 22.8. The first-order chi connectivity index (χ1) is 16.3.